The second-order valence-corrected chi connectivity index (χ2v) is 5.43. The van der Waals surface area contributed by atoms with Crippen molar-refractivity contribution < 1.29 is 18.0 Å². The normalized spacial score (nSPS) is 13.1. The minimum absolute atomic E-state index is 0.0172. The molecule has 0 saturated carbocycles. The van der Waals surface area contributed by atoms with Gasteiger partial charge in [0.2, 0.25) is 0 Å². The third-order valence-electron chi connectivity index (χ3n) is 3.25. The fourth-order valence-corrected chi connectivity index (χ4v) is 2.06. The smallest absolute Gasteiger partial charge is 0.336 e. The van der Waals surface area contributed by atoms with Crippen LogP contribution in [0.4, 0.5) is 18.0 Å². The summed E-state index contributed by atoms with van der Waals surface area (Å²) in [6.45, 7) is 3.67. The molecule has 2 N–H and O–H groups in total. The molecule has 2 aromatic rings. The van der Waals surface area contributed by atoms with Crippen molar-refractivity contribution in [3.63, 3.8) is 0 Å². The third kappa shape index (κ3) is 4.04. The molecular weight excluding hydrogens is 335 g/mol. The highest BCUT2D eigenvalue weighted by Crippen LogP contribution is 2.32. The van der Waals surface area contributed by atoms with E-state index in [9.17, 15) is 18.0 Å². The summed E-state index contributed by atoms with van der Waals surface area (Å²) >= 11 is 5.81. The lowest BCUT2D eigenvalue weighted by molar-refractivity contribution is -0.137. The van der Waals surface area contributed by atoms with Crippen LogP contribution in [0, 0.1) is 0 Å². The fourth-order valence-electron chi connectivity index (χ4n) is 1.81. The van der Waals surface area contributed by atoms with Gasteiger partial charge in [-0.3, -0.25) is 4.40 Å². The van der Waals surface area contributed by atoms with Crippen molar-refractivity contribution in [1.29, 1.82) is 0 Å². The Morgan fingerprint density at radius 2 is 2.13 bits per heavy atom. The molecule has 0 unspecified atom stereocenters. The number of aromatic nitrogens is 3. The number of pyridine rings is 1. The number of carbonyl (C=O) groups excluding carboxylic acids is 1. The Kier molecular flexibility index (Phi) is 4.98. The summed E-state index contributed by atoms with van der Waals surface area (Å²) < 4.78 is 39.6. The van der Waals surface area contributed by atoms with E-state index in [2.05, 4.69) is 20.8 Å². The average molecular weight is 350 g/mol. The molecule has 0 fully saturated rings. The van der Waals surface area contributed by atoms with Crippen LogP contribution in [0.15, 0.2) is 12.3 Å². The van der Waals surface area contributed by atoms with E-state index in [4.69, 9.17) is 11.6 Å². The highest BCUT2D eigenvalue weighted by atomic mass is 35.5. The summed E-state index contributed by atoms with van der Waals surface area (Å²) in [5, 5.41) is 12.5. The highest BCUT2D eigenvalue weighted by molar-refractivity contribution is 6.33. The lowest BCUT2D eigenvalue weighted by Crippen LogP contribution is -2.40. The first-order valence-corrected chi connectivity index (χ1v) is 7.25. The number of amides is 2. The second-order valence-electron chi connectivity index (χ2n) is 5.02. The summed E-state index contributed by atoms with van der Waals surface area (Å²) in [6.07, 6.45) is -2.93. The number of halogens is 4. The van der Waals surface area contributed by atoms with Crippen LogP contribution in [-0.2, 0) is 12.7 Å². The first-order valence-electron chi connectivity index (χ1n) is 6.87. The molecule has 10 heteroatoms. The van der Waals surface area contributed by atoms with E-state index < -0.39 is 17.8 Å². The highest BCUT2D eigenvalue weighted by Gasteiger charge is 2.32. The number of nitrogens with zero attached hydrogens (tertiary/aromatic N) is 3. The van der Waals surface area contributed by atoms with Crippen molar-refractivity contribution in [3.8, 4) is 0 Å². The number of nitrogens with one attached hydrogen (secondary N) is 2. The Hall–Kier alpha value is -2.03. The maximum atomic E-state index is 12.8. The lowest BCUT2D eigenvalue weighted by atomic mass is 10.2. The number of hydrogen-bond acceptors (Lipinski definition) is 3. The van der Waals surface area contributed by atoms with Gasteiger partial charge < -0.3 is 10.6 Å². The fraction of sp³-hybridized carbons (Fsp3) is 0.462. The molecule has 126 valence electrons. The molecule has 2 amide bonds. The SMILES string of the molecule is CC[C@@H](C)NC(=O)NCc1nnc2c(Cl)cc(C(F)(F)F)cn12. The van der Waals surface area contributed by atoms with Crippen molar-refractivity contribution in [2.75, 3.05) is 0 Å². The Morgan fingerprint density at radius 1 is 1.43 bits per heavy atom. The van der Waals surface area contributed by atoms with E-state index in [0.29, 0.717) is 0 Å². The summed E-state index contributed by atoms with van der Waals surface area (Å²) in [5.41, 5.74) is -0.820. The maximum Gasteiger partial charge on any atom is 0.417 e. The van der Waals surface area contributed by atoms with Crippen molar-refractivity contribution in [2.45, 2.75) is 39.0 Å². The lowest BCUT2D eigenvalue weighted by Gasteiger charge is -2.12. The maximum absolute atomic E-state index is 12.8. The Labute approximate surface area is 135 Å². The van der Waals surface area contributed by atoms with Gasteiger partial charge in [-0.2, -0.15) is 13.2 Å². The molecule has 2 aromatic heterocycles. The van der Waals surface area contributed by atoms with Crippen molar-refractivity contribution in [1.82, 2.24) is 25.2 Å². The molecule has 0 aliphatic rings. The topological polar surface area (TPSA) is 71.3 Å². The van der Waals surface area contributed by atoms with Crippen molar-refractivity contribution in [3.05, 3.63) is 28.7 Å². The molecule has 0 aromatic carbocycles. The number of alkyl halides is 3. The van der Waals surface area contributed by atoms with Crippen LogP contribution in [0.1, 0.15) is 31.7 Å². The molecule has 2 rings (SSSR count). The van der Waals surface area contributed by atoms with Crippen molar-refractivity contribution in [2.24, 2.45) is 0 Å². The van der Waals surface area contributed by atoms with Gasteiger partial charge >= 0.3 is 12.2 Å². The number of fused-ring (bicyclic) bond motifs is 1. The van der Waals surface area contributed by atoms with Gasteiger partial charge in [0.15, 0.2) is 11.5 Å². The minimum Gasteiger partial charge on any atom is -0.336 e. The van der Waals surface area contributed by atoms with Crippen molar-refractivity contribution >= 4 is 23.3 Å². The van der Waals surface area contributed by atoms with Crippen LogP contribution >= 0.6 is 11.6 Å². The quantitative estimate of drug-likeness (QED) is 0.891. The molecule has 0 aliphatic heterocycles. The second kappa shape index (κ2) is 6.61. The third-order valence-corrected chi connectivity index (χ3v) is 3.53. The van der Waals surface area contributed by atoms with Crippen LogP contribution in [0.3, 0.4) is 0 Å². The Bertz CT molecular complexity index is 715. The van der Waals surface area contributed by atoms with Crippen LogP contribution < -0.4 is 10.6 Å². The first kappa shape index (κ1) is 17.3. The molecule has 2 heterocycles. The zero-order chi connectivity index (χ0) is 17.2. The van der Waals surface area contributed by atoms with E-state index in [1.54, 1.807) is 0 Å². The first-order chi connectivity index (χ1) is 10.7. The van der Waals surface area contributed by atoms with E-state index in [1.807, 2.05) is 13.8 Å². The Balaban J connectivity index is 2.22. The number of rotatable bonds is 4. The summed E-state index contributed by atoms with van der Waals surface area (Å²) in [5.74, 6) is 0.146. The van der Waals surface area contributed by atoms with Gasteiger partial charge in [-0.05, 0) is 19.4 Å². The van der Waals surface area contributed by atoms with Gasteiger partial charge in [-0.1, -0.05) is 18.5 Å². The molecular formula is C13H15ClF3N5O. The number of carbonyl (C=O) groups is 1. The number of hydrogen-bond donors (Lipinski definition) is 2. The molecule has 0 spiro atoms. The molecule has 23 heavy (non-hydrogen) atoms. The van der Waals surface area contributed by atoms with E-state index in [0.717, 1.165) is 23.1 Å². The largest absolute Gasteiger partial charge is 0.417 e. The van der Waals surface area contributed by atoms with Gasteiger partial charge in [0, 0.05) is 12.2 Å². The van der Waals surface area contributed by atoms with Gasteiger partial charge in [-0.15, -0.1) is 10.2 Å². The molecule has 0 radical (unpaired) electrons. The standard InChI is InChI=1S/C13H15ClF3N5O/c1-3-7(2)19-12(23)18-5-10-20-21-11-9(14)4-8(6-22(10)11)13(15,16)17/h4,6-7H,3,5H2,1-2H3,(H2,18,19,23)/t7-/m1/s1. The van der Waals surface area contributed by atoms with Crippen LogP contribution in [0.25, 0.3) is 5.65 Å². The zero-order valence-corrected chi connectivity index (χ0v) is 13.2. The van der Waals surface area contributed by atoms with Gasteiger partial charge in [0.1, 0.15) is 0 Å². The molecule has 0 aliphatic carbocycles. The molecule has 0 bridgehead atoms. The van der Waals surface area contributed by atoms with Crippen LogP contribution in [-0.4, -0.2) is 26.7 Å². The van der Waals surface area contributed by atoms with Gasteiger partial charge in [0.05, 0.1) is 17.1 Å². The molecule has 0 saturated heterocycles. The Morgan fingerprint density at radius 3 is 2.74 bits per heavy atom. The zero-order valence-electron chi connectivity index (χ0n) is 12.4. The van der Waals surface area contributed by atoms with Crippen LogP contribution in [0.5, 0.6) is 0 Å². The monoisotopic (exact) mass is 349 g/mol. The molecule has 1 atom stereocenters. The van der Waals surface area contributed by atoms with E-state index in [-0.39, 0.29) is 29.1 Å². The predicted molar refractivity (Wildman–Crippen MR) is 78.1 cm³/mol. The van der Waals surface area contributed by atoms with Gasteiger partial charge in [0.25, 0.3) is 0 Å². The van der Waals surface area contributed by atoms with E-state index >= 15 is 0 Å². The minimum atomic E-state index is -4.54. The summed E-state index contributed by atoms with van der Waals surface area (Å²) in [7, 11) is 0. The van der Waals surface area contributed by atoms with Gasteiger partial charge in [-0.25, -0.2) is 4.79 Å². The average Bonchev–Trinajstić information content (AvgIpc) is 2.87. The number of urea groups is 1. The molecule has 6 nitrogen and oxygen atoms in total. The van der Waals surface area contributed by atoms with E-state index in [1.165, 1.54) is 0 Å². The van der Waals surface area contributed by atoms with Crippen LogP contribution in [0.2, 0.25) is 5.02 Å². The summed E-state index contributed by atoms with van der Waals surface area (Å²) in [6, 6.07) is 0.337. The predicted octanol–water partition coefficient (Wildman–Crippen LogP) is 3.00. The summed E-state index contributed by atoms with van der Waals surface area (Å²) in [4.78, 5) is 11.7.